The van der Waals surface area contributed by atoms with Crippen molar-refractivity contribution in [1.82, 2.24) is 39.4 Å². The molecule has 9 rings (SSSR count). The molecule has 0 bridgehead atoms. The van der Waals surface area contributed by atoms with Gasteiger partial charge in [-0.2, -0.15) is 0 Å². The Bertz CT molecular complexity index is 2570. The fourth-order valence-electron chi connectivity index (χ4n) is 10.1. The van der Waals surface area contributed by atoms with Crippen LogP contribution in [0.1, 0.15) is 89.0 Å². The molecule has 1 aliphatic carbocycles. The van der Waals surface area contributed by atoms with Crippen molar-refractivity contribution in [3.8, 4) is 28.6 Å². The second kappa shape index (κ2) is 18.4. The quantitative estimate of drug-likeness (QED) is 0.0914. The Labute approximate surface area is 382 Å². The number of benzene rings is 3. The summed E-state index contributed by atoms with van der Waals surface area (Å²) in [5.41, 5.74) is 9.56. The van der Waals surface area contributed by atoms with Crippen LogP contribution in [0.4, 0.5) is 11.5 Å². The highest BCUT2D eigenvalue weighted by Crippen LogP contribution is 2.50. The molecule has 5 heterocycles. The third kappa shape index (κ3) is 9.24. The van der Waals surface area contributed by atoms with Gasteiger partial charge in [0.25, 0.3) is 0 Å². The average molecular weight is 879 g/mol. The van der Waals surface area contributed by atoms with Crippen LogP contribution in [0.25, 0.3) is 17.1 Å². The van der Waals surface area contributed by atoms with E-state index in [-0.39, 0.29) is 29.1 Å². The number of hydrogen-bond donors (Lipinski definition) is 2. The summed E-state index contributed by atoms with van der Waals surface area (Å²) in [4.78, 5) is 47.0. The molecule has 2 N–H and O–H groups in total. The summed E-state index contributed by atoms with van der Waals surface area (Å²) >= 11 is 0. The minimum Gasteiger partial charge on any atom is -0.508 e. The fourth-order valence-corrected chi connectivity index (χ4v) is 10.1. The fraction of sp³-hybridized carbons (Fsp3) is 0.451. The maximum Gasteiger partial charge on any atom is 0.246 e. The van der Waals surface area contributed by atoms with E-state index >= 15 is 0 Å². The molecule has 3 aliphatic heterocycles. The van der Waals surface area contributed by atoms with E-state index in [1.165, 1.54) is 52.9 Å². The zero-order chi connectivity index (χ0) is 45.4. The number of aryl methyl sites for hydroxylation is 2. The number of amides is 1. The summed E-state index contributed by atoms with van der Waals surface area (Å²) in [7, 11) is 0. The maximum absolute atomic E-state index is 12.4. The Morgan fingerprint density at radius 2 is 1.60 bits per heavy atom. The number of piperazine rings is 2. The van der Waals surface area contributed by atoms with Crippen molar-refractivity contribution >= 4 is 23.7 Å². The van der Waals surface area contributed by atoms with Crippen molar-refractivity contribution in [3.05, 3.63) is 112 Å². The van der Waals surface area contributed by atoms with E-state index in [0.717, 1.165) is 102 Å². The topological polar surface area (TPSA) is 147 Å². The molecule has 14 heteroatoms. The number of aromatic hydroxyl groups is 2. The predicted octanol–water partition coefficient (Wildman–Crippen LogP) is 6.62. The average Bonchev–Trinajstić information content (AvgIpc) is 3.95. The summed E-state index contributed by atoms with van der Waals surface area (Å²) in [6.45, 7) is 22.5. The van der Waals surface area contributed by atoms with Crippen LogP contribution in [0, 0.1) is 19.3 Å². The first kappa shape index (κ1) is 44.1. The molecule has 0 spiro atoms. The van der Waals surface area contributed by atoms with Crippen molar-refractivity contribution in [1.29, 1.82) is 0 Å². The number of aldehydes is 1. The minimum absolute atomic E-state index is 0.00707. The summed E-state index contributed by atoms with van der Waals surface area (Å²) in [5.74, 6) is 2.35. The molecule has 0 radical (unpaired) electrons. The van der Waals surface area contributed by atoms with Crippen molar-refractivity contribution in [3.63, 3.8) is 0 Å². The van der Waals surface area contributed by atoms with Crippen LogP contribution >= 0.6 is 0 Å². The van der Waals surface area contributed by atoms with Gasteiger partial charge in [0, 0.05) is 101 Å². The highest BCUT2D eigenvalue weighted by molar-refractivity contribution is 5.87. The van der Waals surface area contributed by atoms with Crippen molar-refractivity contribution in [2.24, 2.45) is 5.41 Å². The third-order valence-electron chi connectivity index (χ3n) is 14.3. The molecule has 65 heavy (non-hydrogen) atoms. The van der Waals surface area contributed by atoms with Crippen molar-refractivity contribution < 1.29 is 19.8 Å². The van der Waals surface area contributed by atoms with Crippen LogP contribution in [0.2, 0.25) is 0 Å². The number of anilines is 2. The van der Waals surface area contributed by atoms with Gasteiger partial charge in [-0.15, -0.1) is 10.2 Å². The third-order valence-corrected chi connectivity index (χ3v) is 14.3. The van der Waals surface area contributed by atoms with Gasteiger partial charge in [0.05, 0.1) is 17.8 Å². The SMILES string of the molecule is C=CC(=O)N1CCN(c2nc(CCC3(CN4CCN(Cc5ccc(-n6c(C=O)nnc6-c6cc(C(C)C)c(O)cc6O)cc5)CC4)CC3)nc3c2CCN(c2cccc(C)c2C)C3)CC1. The van der Waals surface area contributed by atoms with Gasteiger partial charge in [-0.05, 0) is 103 Å². The number of phenolic OH excluding ortho intramolecular Hbond substituents is 2. The summed E-state index contributed by atoms with van der Waals surface area (Å²) in [5, 5.41) is 29.6. The van der Waals surface area contributed by atoms with Crippen molar-refractivity contribution in [2.45, 2.75) is 78.8 Å². The Kier molecular flexibility index (Phi) is 12.5. The molecular weight excluding hydrogens is 817 g/mol. The summed E-state index contributed by atoms with van der Waals surface area (Å²) < 4.78 is 1.65. The van der Waals surface area contributed by atoms with Gasteiger partial charge in [-0.3, -0.25) is 19.1 Å². The van der Waals surface area contributed by atoms with E-state index in [2.05, 4.69) is 80.6 Å². The van der Waals surface area contributed by atoms with Crippen LogP contribution in [0.5, 0.6) is 11.5 Å². The molecule has 2 saturated heterocycles. The van der Waals surface area contributed by atoms with Gasteiger partial charge in [-0.25, -0.2) is 9.97 Å². The lowest BCUT2D eigenvalue weighted by atomic mass is 9.97. The highest BCUT2D eigenvalue weighted by Gasteiger charge is 2.44. The lowest BCUT2D eigenvalue weighted by Crippen LogP contribution is -2.49. The smallest absolute Gasteiger partial charge is 0.246 e. The zero-order valence-electron chi connectivity index (χ0n) is 38.3. The molecule has 3 aromatic carbocycles. The molecule has 4 aliphatic rings. The van der Waals surface area contributed by atoms with Crippen LogP contribution in [0.15, 0.2) is 67.3 Å². The second-order valence-electron chi connectivity index (χ2n) is 18.9. The van der Waals surface area contributed by atoms with Gasteiger partial charge < -0.3 is 29.8 Å². The molecule has 5 aromatic rings. The lowest BCUT2D eigenvalue weighted by molar-refractivity contribution is -0.126. The van der Waals surface area contributed by atoms with E-state index in [1.807, 2.05) is 30.9 Å². The number of aromatic nitrogens is 5. The number of hydrogen-bond acceptors (Lipinski definition) is 12. The number of nitrogens with zero attached hydrogens (tertiary/aromatic N) is 10. The van der Waals surface area contributed by atoms with E-state index in [1.54, 1.807) is 10.6 Å². The van der Waals surface area contributed by atoms with Gasteiger partial charge in [0.2, 0.25) is 11.7 Å². The Hall–Kier alpha value is -6.12. The largest absolute Gasteiger partial charge is 0.508 e. The first-order chi connectivity index (χ1) is 31.4. The highest BCUT2D eigenvalue weighted by atomic mass is 16.3. The maximum atomic E-state index is 12.4. The first-order valence-corrected chi connectivity index (χ1v) is 23.3. The van der Waals surface area contributed by atoms with Gasteiger partial charge in [0.1, 0.15) is 23.1 Å². The number of phenols is 2. The molecular formula is C51H62N10O4. The molecule has 0 atom stereocenters. The Morgan fingerprint density at radius 1 is 0.862 bits per heavy atom. The molecule has 3 fully saturated rings. The number of fused-ring (bicyclic) bond motifs is 1. The van der Waals surface area contributed by atoms with E-state index in [4.69, 9.17) is 9.97 Å². The van der Waals surface area contributed by atoms with E-state index in [0.29, 0.717) is 47.4 Å². The molecule has 14 nitrogen and oxygen atoms in total. The van der Waals surface area contributed by atoms with Crippen LogP contribution < -0.4 is 9.80 Å². The number of rotatable bonds is 14. The van der Waals surface area contributed by atoms with Gasteiger partial charge >= 0.3 is 0 Å². The predicted molar refractivity (Wildman–Crippen MR) is 253 cm³/mol. The monoisotopic (exact) mass is 878 g/mol. The van der Waals surface area contributed by atoms with E-state index < -0.39 is 0 Å². The molecule has 0 unspecified atom stereocenters. The summed E-state index contributed by atoms with van der Waals surface area (Å²) in [6.07, 6.45) is 7.38. The normalized spacial score (nSPS) is 17.6. The number of carbonyl (C=O) groups is 2. The molecule has 1 amide bonds. The van der Waals surface area contributed by atoms with Crippen molar-refractivity contribution in [2.75, 3.05) is 75.2 Å². The molecule has 340 valence electrons. The minimum atomic E-state index is -0.134. The molecule has 2 aromatic heterocycles. The molecule has 1 saturated carbocycles. The zero-order valence-corrected chi connectivity index (χ0v) is 38.3. The van der Waals surface area contributed by atoms with Gasteiger partial charge in [0.15, 0.2) is 12.1 Å². The van der Waals surface area contributed by atoms with Crippen LogP contribution in [0.3, 0.4) is 0 Å². The van der Waals surface area contributed by atoms with Crippen LogP contribution in [-0.4, -0.2) is 127 Å². The van der Waals surface area contributed by atoms with Crippen LogP contribution in [-0.2, 0) is 30.7 Å². The number of carbonyl (C=O) groups excluding carboxylic acids is 2. The lowest BCUT2D eigenvalue weighted by Gasteiger charge is -2.38. The Balaban J connectivity index is 0.830. The summed E-state index contributed by atoms with van der Waals surface area (Å²) in [6, 6.07) is 17.7. The standard InChI is InChI=1S/C51H62N10O4/c1-6-48(65)58-24-26-59(27-25-58)49-39-15-19-60(43-9-7-8-35(4)36(43)5)31-42(39)52-46(53-49)14-16-51(17-18-51)33-57-22-20-56(21-23-57)30-37-10-12-38(13-11-37)61-47(32-62)54-55-50(61)41-28-40(34(2)3)44(63)29-45(41)64/h6-13,28-29,32,34,63-64H,1,14-27,30-31,33H2,2-5H3. The Morgan fingerprint density at radius 3 is 2.29 bits per heavy atom. The van der Waals surface area contributed by atoms with E-state index in [9.17, 15) is 19.8 Å². The van der Waals surface area contributed by atoms with Gasteiger partial charge in [-0.1, -0.05) is 44.7 Å². The second-order valence-corrected chi connectivity index (χ2v) is 18.9. The first-order valence-electron chi connectivity index (χ1n) is 23.3.